The zero-order valence-corrected chi connectivity index (χ0v) is 10.8. The van der Waals surface area contributed by atoms with Crippen molar-refractivity contribution in [3.8, 4) is 5.75 Å². The third-order valence-electron chi connectivity index (χ3n) is 3.44. The molecule has 0 spiro atoms. The molecule has 1 aromatic carbocycles. The van der Waals surface area contributed by atoms with Gasteiger partial charge >= 0.3 is 0 Å². The van der Waals surface area contributed by atoms with E-state index in [9.17, 15) is 0 Å². The van der Waals surface area contributed by atoms with Gasteiger partial charge in [0.25, 0.3) is 0 Å². The van der Waals surface area contributed by atoms with Crippen LogP contribution in [-0.2, 0) is 5.54 Å². The Bertz CT molecular complexity index is 397. The van der Waals surface area contributed by atoms with Crippen LogP contribution in [-0.4, -0.2) is 13.7 Å². The maximum absolute atomic E-state index is 6.20. The average Bonchev–Trinajstić information content (AvgIpc) is 2.69. The Hall–Kier alpha value is -0.730. The van der Waals surface area contributed by atoms with Gasteiger partial charge in [0.05, 0.1) is 7.11 Å². The summed E-state index contributed by atoms with van der Waals surface area (Å²) in [6, 6.07) is 4.05. The van der Waals surface area contributed by atoms with Crippen molar-refractivity contribution >= 4 is 11.6 Å². The van der Waals surface area contributed by atoms with E-state index in [-0.39, 0.29) is 5.54 Å². The summed E-state index contributed by atoms with van der Waals surface area (Å²) in [4.78, 5) is 0. The zero-order chi connectivity index (χ0) is 11.8. The monoisotopic (exact) mass is 239 g/mol. The van der Waals surface area contributed by atoms with Crippen LogP contribution in [0.25, 0.3) is 0 Å². The summed E-state index contributed by atoms with van der Waals surface area (Å²) in [5.74, 6) is 0.929. The summed E-state index contributed by atoms with van der Waals surface area (Å²) < 4.78 is 5.46. The molecule has 88 valence electrons. The Morgan fingerprint density at radius 3 is 2.75 bits per heavy atom. The van der Waals surface area contributed by atoms with Gasteiger partial charge in [-0.2, -0.15) is 0 Å². The third-order valence-corrected chi connectivity index (χ3v) is 3.85. The summed E-state index contributed by atoms with van der Waals surface area (Å²) in [5, 5.41) is 4.34. The van der Waals surface area contributed by atoms with Crippen LogP contribution in [0.3, 0.4) is 0 Å². The van der Waals surface area contributed by atoms with Crippen molar-refractivity contribution in [1.29, 1.82) is 0 Å². The normalized spacial score (nSPS) is 24.8. The minimum atomic E-state index is 0.00266. The molecule has 1 heterocycles. The van der Waals surface area contributed by atoms with Crippen molar-refractivity contribution in [3.05, 3.63) is 28.3 Å². The van der Waals surface area contributed by atoms with Gasteiger partial charge in [0.1, 0.15) is 5.75 Å². The molecule has 16 heavy (non-hydrogen) atoms. The molecule has 0 amide bonds. The Balaban J connectivity index is 2.50. The summed E-state index contributed by atoms with van der Waals surface area (Å²) >= 11 is 6.20. The SMILES string of the molecule is COc1cc(C)c(Cl)cc1C1(C)CCCN1. The largest absolute Gasteiger partial charge is 0.496 e. The number of rotatable bonds is 2. The fraction of sp³-hybridized carbons (Fsp3) is 0.538. The molecule has 0 bridgehead atoms. The second-order valence-corrected chi connectivity index (χ2v) is 5.07. The highest BCUT2D eigenvalue weighted by molar-refractivity contribution is 6.31. The van der Waals surface area contributed by atoms with Crippen LogP contribution in [0.5, 0.6) is 5.75 Å². The molecule has 1 fully saturated rings. The molecule has 1 saturated heterocycles. The number of hydrogen-bond donors (Lipinski definition) is 1. The highest BCUT2D eigenvalue weighted by atomic mass is 35.5. The van der Waals surface area contributed by atoms with Crippen molar-refractivity contribution in [2.75, 3.05) is 13.7 Å². The van der Waals surface area contributed by atoms with Gasteiger partial charge in [0.15, 0.2) is 0 Å². The van der Waals surface area contributed by atoms with Crippen LogP contribution >= 0.6 is 11.6 Å². The van der Waals surface area contributed by atoms with E-state index in [4.69, 9.17) is 16.3 Å². The van der Waals surface area contributed by atoms with Gasteiger partial charge in [-0.15, -0.1) is 0 Å². The first kappa shape index (κ1) is 11.7. The molecule has 3 heteroatoms. The molecule has 0 saturated carbocycles. The molecule has 1 aromatic rings. The minimum Gasteiger partial charge on any atom is -0.496 e. The molecule has 1 atom stereocenters. The van der Waals surface area contributed by atoms with Crippen LogP contribution < -0.4 is 10.1 Å². The number of methoxy groups -OCH3 is 1. The fourth-order valence-electron chi connectivity index (χ4n) is 2.38. The summed E-state index contributed by atoms with van der Waals surface area (Å²) in [5.41, 5.74) is 2.23. The lowest BCUT2D eigenvalue weighted by Crippen LogP contribution is -2.33. The second kappa shape index (κ2) is 4.27. The molecule has 1 aliphatic rings. The maximum Gasteiger partial charge on any atom is 0.124 e. The number of ether oxygens (including phenoxy) is 1. The Morgan fingerprint density at radius 2 is 2.19 bits per heavy atom. The summed E-state index contributed by atoms with van der Waals surface area (Å²) in [6.45, 7) is 5.27. The topological polar surface area (TPSA) is 21.3 Å². The highest BCUT2D eigenvalue weighted by Crippen LogP contribution is 2.38. The van der Waals surface area contributed by atoms with Crippen molar-refractivity contribution in [2.24, 2.45) is 0 Å². The van der Waals surface area contributed by atoms with E-state index < -0.39 is 0 Å². The first-order chi connectivity index (χ1) is 7.57. The predicted octanol–water partition coefficient (Wildman–Crippen LogP) is 3.26. The van der Waals surface area contributed by atoms with Gasteiger partial charge in [0.2, 0.25) is 0 Å². The van der Waals surface area contributed by atoms with Crippen LogP contribution in [0.15, 0.2) is 12.1 Å². The van der Waals surface area contributed by atoms with Crippen LogP contribution in [0.2, 0.25) is 5.02 Å². The van der Waals surface area contributed by atoms with E-state index in [0.29, 0.717) is 0 Å². The molecule has 2 rings (SSSR count). The minimum absolute atomic E-state index is 0.00266. The molecule has 1 N–H and O–H groups in total. The molecule has 2 nitrogen and oxygen atoms in total. The Kier molecular flexibility index (Phi) is 3.13. The van der Waals surface area contributed by atoms with Gasteiger partial charge in [-0.3, -0.25) is 0 Å². The number of aryl methyl sites for hydroxylation is 1. The Morgan fingerprint density at radius 1 is 1.44 bits per heavy atom. The Labute approximate surface area is 102 Å². The first-order valence-corrected chi connectivity index (χ1v) is 6.04. The molecule has 1 unspecified atom stereocenters. The molecule has 0 aromatic heterocycles. The quantitative estimate of drug-likeness (QED) is 0.856. The average molecular weight is 240 g/mol. The molecule has 1 aliphatic heterocycles. The highest BCUT2D eigenvalue weighted by Gasteiger charge is 2.33. The van der Waals surface area contributed by atoms with Crippen LogP contribution in [0, 0.1) is 6.92 Å². The number of hydrogen-bond acceptors (Lipinski definition) is 2. The lowest BCUT2D eigenvalue weighted by molar-refractivity contribution is 0.371. The van der Waals surface area contributed by atoms with Crippen molar-refractivity contribution < 1.29 is 4.74 Å². The van der Waals surface area contributed by atoms with Crippen LogP contribution in [0.4, 0.5) is 0 Å². The first-order valence-electron chi connectivity index (χ1n) is 5.66. The van der Waals surface area contributed by atoms with Crippen LogP contribution in [0.1, 0.15) is 30.9 Å². The van der Waals surface area contributed by atoms with E-state index in [1.165, 1.54) is 12.0 Å². The third kappa shape index (κ3) is 1.92. The molecular formula is C13H18ClNO. The van der Waals surface area contributed by atoms with Crippen molar-refractivity contribution in [3.63, 3.8) is 0 Å². The van der Waals surface area contributed by atoms with Gasteiger partial charge in [-0.25, -0.2) is 0 Å². The lowest BCUT2D eigenvalue weighted by Gasteiger charge is -2.27. The van der Waals surface area contributed by atoms with E-state index in [1.54, 1.807) is 7.11 Å². The zero-order valence-electron chi connectivity index (χ0n) is 10.1. The standard InChI is InChI=1S/C13H18ClNO/c1-9-7-12(16-3)10(8-11(9)14)13(2)5-4-6-15-13/h7-8,15H,4-6H2,1-3H3. The van der Waals surface area contributed by atoms with E-state index in [2.05, 4.69) is 12.2 Å². The van der Waals surface area contributed by atoms with E-state index in [1.807, 2.05) is 19.1 Å². The summed E-state index contributed by atoms with van der Waals surface area (Å²) in [6.07, 6.45) is 2.33. The molecule has 0 radical (unpaired) electrons. The number of benzene rings is 1. The lowest BCUT2D eigenvalue weighted by atomic mass is 9.89. The van der Waals surface area contributed by atoms with Gasteiger partial charge < -0.3 is 10.1 Å². The van der Waals surface area contributed by atoms with E-state index in [0.717, 1.165) is 29.3 Å². The van der Waals surface area contributed by atoms with Crippen molar-refractivity contribution in [1.82, 2.24) is 5.32 Å². The van der Waals surface area contributed by atoms with Gasteiger partial charge in [-0.1, -0.05) is 11.6 Å². The fourth-order valence-corrected chi connectivity index (χ4v) is 2.54. The maximum atomic E-state index is 6.20. The van der Waals surface area contributed by atoms with E-state index >= 15 is 0 Å². The summed E-state index contributed by atoms with van der Waals surface area (Å²) in [7, 11) is 1.71. The number of halogens is 1. The van der Waals surface area contributed by atoms with Gasteiger partial charge in [-0.05, 0) is 50.9 Å². The van der Waals surface area contributed by atoms with Gasteiger partial charge in [0, 0.05) is 16.1 Å². The molecule has 0 aliphatic carbocycles. The smallest absolute Gasteiger partial charge is 0.124 e. The predicted molar refractivity (Wildman–Crippen MR) is 67.3 cm³/mol. The van der Waals surface area contributed by atoms with Crippen molar-refractivity contribution in [2.45, 2.75) is 32.2 Å². The second-order valence-electron chi connectivity index (χ2n) is 4.66. The molecular weight excluding hydrogens is 222 g/mol. The number of nitrogens with one attached hydrogen (secondary N) is 1.